The van der Waals surface area contributed by atoms with E-state index in [4.69, 9.17) is 16.3 Å². The second-order valence-corrected chi connectivity index (χ2v) is 11.0. The van der Waals surface area contributed by atoms with E-state index >= 15 is 8.78 Å². The van der Waals surface area contributed by atoms with E-state index in [1.54, 1.807) is 31.2 Å². The molecule has 45 heavy (non-hydrogen) atoms. The fraction of sp³-hybridized carbons (Fsp3) is 0.219. The number of alkyl halides is 3. The summed E-state index contributed by atoms with van der Waals surface area (Å²) in [5, 5.41) is 10.9. The molecular weight excluding hydrogens is 623 g/mol. The zero-order chi connectivity index (χ0) is 32.8. The molecule has 4 bridgehead atoms. The number of aromatic nitrogens is 1. The molecule has 2 heterocycles. The fourth-order valence-electron chi connectivity index (χ4n) is 5.41. The van der Waals surface area contributed by atoms with Gasteiger partial charge in [0.1, 0.15) is 35.1 Å². The lowest BCUT2D eigenvalue weighted by molar-refractivity contribution is -0.138. The number of amides is 1. The largest absolute Gasteiger partial charge is 0.488 e. The standard InChI is InChI=1S/C32H24ClF5N2O5/c1-15-4-3-5-24-26(15)18-10-16(2)28(35)20(12-18)23(13-25(41)42)39-30(43)29(19-11-17(14-45-24)6-7-22(19)34)40-9-8-21(32(36,37)38)27(33)31(40)44/h3-12,23,29H,13-14H2,1-2H3,(H,39,43)(H,41,42)/t23-,29-/m0/s1. The third kappa shape index (κ3) is 6.15. The van der Waals surface area contributed by atoms with Gasteiger partial charge in [-0.2, -0.15) is 13.2 Å². The first-order chi connectivity index (χ1) is 21.2. The minimum Gasteiger partial charge on any atom is -0.488 e. The van der Waals surface area contributed by atoms with Crippen molar-refractivity contribution in [2.75, 3.05) is 0 Å². The molecule has 2 atom stereocenters. The molecule has 5 rings (SSSR count). The van der Waals surface area contributed by atoms with E-state index in [0.29, 0.717) is 39.3 Å². The Labute approximate surface area is 257 Å². The number of hydrogen-bond donors (Lipinski definition) is 2. The maximum Gasteiger partial charge on any atom is 0.418 e. The summed E-state index contributed by atoms with van der Waals surface area (Å²) in [6.07, 6.45) is -5.20. The van der Waals surface area contributed by atoms with E-state index in [-0.39, 0.29) is 17.7 Å². The number of carbonyl (C=O) groups excluding carboxylic acids is 1. The third-order valence-corrected chi connectivity index (χ3v) is 7.88. The van der Waals surface area contributed by atoms with Crippen LogP contribution in [-0.4, -0.2) is 21.6 Å². The van der Waals surface area contributed by atoms with Gasteiger partial charge >= 0.3 is 12.1 Å². The van der Waals surface area contributed by atoms with Crippen molar-refractivity contribution in [2.24, 2.45) is 0 Å². The van der Waals surface area contributed by atoms with E-state index in [0.717, 1.165) is 11.6 Å². The number of aliphatic carboxylic acids is 1. The van der Waals surface area contributed by atoms with Gasteiger partial charge in [-0.15, -0.1) is 0 Å². The average molecular weight is 647 g/mol. The highest BCUT2D eigenvalue weighted by molar-refractivity contribution is 6.31. The number of carbonyl (C=O) groups is 2. The SMILES string of the molecule is Cc1cc2cc(c1F)[C@H](CC(=O)O)NC(=O)[C@@H](n1ccc(C(F)(F)F)c(Cl)c1=O)c1cc(ccc1F)COc1cccc(C)c1-2. The quantitative estimate of drug-likeness (QED) is 0.236. The zero-order valence-electron chi connectivity index (χ0n) is 23.6. The smallest absolute Gasteiger partial charge is 0.418 e. The first kappa shape index (κ1) is 31.7. The Balaban J connectivity index is 1.79. The maximum absolute atomic E-state index is 15.7. The summed E-state index contributed by atoms with van der Waals surface area (Å²) >= 11 is 5.81. The molecular formula is C32H24ClF5N2O5. The number of carboxylic acids is 1. The predicted molar refractivity (Wildman–Crippen MR) is 154 cm³/mol. The third-order valence-electron chi connectivity index (χ3n) is 7.52. The first-order valence-corrected chi connectivity index (χ1v) is 13.9. The van der Waals surface area contributed by atoms with Crippen LogP contribution < -0.4 is 15.6 Å². The lowest BCUT2D eigenvalue weighted by Gasteiger charge is -2.27. The number of benzene rings is 3. The summed E-state index contributed by atoms with van der Waals surface area (Å²) < 4.78 is 78.2. The molecule has 1 amide bonds. The highest BCUT2D eigenvalue weighted by atomic mass is 35.5. The second-order valence-electron chi connectivity index (χ2n) is 10.6. The Morgan fingerprint density at radius 2 is 1.78 bits per heavy atom. The number of rotatable bonds is 3. The minimum atomic E-state index is -5.01. The minimum absolute atomic E-state index is 0.118. The highest BCUT2D eigenvalue weighted by Crippen LogP contribution is 2.38. The molecule has 2 N–H and O–H groups in total. The predicted octanol–water partition coefficient (Wildman–Crippen LogP) is 6.90. The van der Waals surface area contributed by atoms with Gasteiger partial charge in [0.2, 0.25) is 5.91 Å². The summed E-state index contributed by atoms with van der Waals surface area (Å²) in [7, 11) is 0. The van der Waals surface area contributed by atoms with Crippen LogP contribution in [0.4, 0.5) is 22.0 Å². The maximum atomic E-state index is 15.7. The van der Waals surface area contributed by atoms with Crippen molar-refractivity contribution in [3.05, 3.63) is 121 Å². The highest BCUT2D eigenvalue weighted by Gasteiger charge is 2.37. The molecule has 7 nitrogen and oxygen atoms in total. The number of halogens is 6. The lowest BCUT2D eigenvalue weighted by Crippen LogP contribution is -2.41. The van der Waals surface area contributed by atoms with E-state index in [9.17, 15) is 32.7 Å². The Morgan fingerprint density at radius 3 is 2.47 bits per heavy atom. The van der Waals surface area contributed by atoms with Gasteiger partial charge < -0.3 is 15.2 Å². The number of ether oxygens (including phenoxy) is 1. The van der Waals surface area contributed by atoms with Crippen LogP contribution in [0.15, 0.2) is 65.6 Å². The summed E-state index contributed by atoms with van der Waals surface area (Å²) in [4.78, 5) is 39.1. The van der Waals surface area contributed by atoms with Crippen LogP contribution in [-0.2, 0) is 22.4 Å². The molecule has 1 aliphatic heterocycles. The van der Waals surface area contributed by atoms with Gasteiger partial charge in [-0.25, -0.2) is 8.78 Å². The van der Waals surface area contributed by atoms with E-state index in [1.807, 2.05) is 0 Å². The Hall–Kier alpha value is -4.71. The van der Waals surface area contributed by atoms with Crippen molar-refractivity contribution in [3.63, 3.8) is 0 Å². The molecule has 0 unspecified atom stereocenters. The number of nitrogens with zero attached hydrogens (tertiary/aromatic N) is 1. The molecule has 234 valence electrons. The van der Waals surface area contributed by atoms with E-state index in [1.165, 1.54) is 25.1 Å². The van der Waals surface area contributed by atoms with Crippen molar-refractivity contribution in [1.82, 2.24) is 9.88 Å². The van der Waals surface area contributed by atoms with Gasteiger partial charge in [0.25, 0.3) is 5.56 Å². The Bertz CT molecular complexity index is 1910. The van der Waals surface area contributed by atoms with Crippen LogP contribution in [0.2, 0.25) is 5.02 Å². The molecule has 3 aromatic carbocycles. The molecule has 0 fully saturated rings. The Kier molecular flexibility index (Phi) is 8.45. The van der Waals surface area contributed by atoms with E-state index in [2.05, 4.69) is 5.32 Å². The number of aryl methyl sites for hydroxylation is 2. The molecule has 0 radical (unpaired) electrons. The zero-order valence-corrected chi connectivity index (χ0v) is 24.4. The van der Waals surface area contributed by atoms with E-state index < -0.39 is 69.9 Å². The van der Waals surface area contributed by atoms with Crippen molar-refractivity contribution >= 4 is 23.5 Å². The second kappa shape index (κ2) is 12.0. The van der Waals surface area contributed by atoms with Crippen molar-refractivity contribution in [2.45, 2.75) is 45.1 Å². The number of carboxylic acid groups (broad SMARTS) is 1. The van der Waals surface area contributed by atoms with Crippen molar-refractivity contribution in [1.29, 1.82) is 0 Å². The number of nitrogens with one attached hydrogen (secondary N) is 1. The van der Waals surface area contributed by atoms with Crippen LogP contribution >= 0.6 is 11.6 Å². The van der Waals surface area contributed by atoms with Gasteiger partial charge in [-0.05, 0) is 72.5 Å². The summed E-state index contributed by atoms with van der Waals surface area (Å²) in [5.74, 6) is -4.09. The molecule has 0 aliphatic carbocycles. The number of fused-ring (bicyclic) bond motifs is 6. The molecule has 1 aliphatic rings. The Morgan fingerprint density at radius 1 is 1.04 bits per heavy atom. The van der Waals surface area contributed by atoms with Gasteiger partial charge in [0.15, 0.2) is 0 Å². The molecule has 1 aromatic heterocycles. The fourth-order valence-corrected chi connectivity index (χ4v) is 5.68. The van der Waals surface area contributed by atoms with Crippen molar-refractivity contribution < 1.29 is 41.4 Å². The molecule has 0 saturated heterocycles. The molecule has 0 saturated carbocycles. The first-order valence-electron chi connectivity index (χ1n) is 13.5. The molecule has 13 heteroatoms. The number of pyridine rings is 1. The average Bonchev–Trinajstić information content (AvgIpc) is 2.95. The van der Waals surface area contributed by atoms with Crippen LogP contribution in [0.5, 0.6) is 5.75 Å². The van der Waals surface area contributed by atoms with Crippen LogP contribution in [0.1, 0.15) is 51.9 Å². The van der Waals surface area contributed by atoms with Crippen LogP contribution in [0.25, 0.3) is 11.1 Å². The van der Waals surface area contributed by atoms with Gasteiger partial charge in [0, 0.05) is 22.9 Å². The summed E-state index contributed by atoms with van der Waals surface area (Å²) in [5.41, 5.74) is -1.38. The lowest BCUT2D eigenvalue weighted by atomic mass is 9.91. The van der Waals surface area contributed by atoms with Gasteiger partial charge in [0.05, 0.1) is 18.0 Å². The van der Waals surface area contributed by atoms with Gasteiger partial charge in [-0.3, -0.25) is 19.0 Å². The summed E-state index contributed by atoms with van der Waals surface area (Å²) in [6.45, 7) is 3.10. The van der Waals surface area contributed by atoms with Crippen molar-refractivity contribution in [3.8, 4) is 16.9 Å². The van der Waals surface area contributed by atoms with Crippen LogP contribution in [0, 0.1) is 25.5 Å². The normalized spacial score (nSPS) is 16.7. The molecule has 0 spiro atoms. The monoisotopic (exact) mass is 646 g/mol. The molecule has 4 aromatic rings. The summed E-state index contributed by atoms with van der Waals surface area (Å²) in [6, 6.07) is 8.60. The van der Waals surface area contributed by atoms with Crippen LogP contribution in [0.3, 0.4) is 0 Å². The number of hydrogen-bond acceptors (Lipinski definition) is 4. The van der Waals surface area contributed by atoms with Gasteiger partial charge in [-0.1, -0.05) is 29.8 Å². The topological polar surface area (TPSA) is 97.6 Å².